The molecule has 20 heavy (non-hydrogen) atoms. The molecule has 0 saturated heterocycles. The highest BCUT2D eigenvalue weighted by Gasteiger charge is 2.19. The van der Waals surface area contributed by atoms with Gasteiger partial charge < -0.3 is 15.8 Å². The van der Waals surface area contributed by atoms with Crippen molar-refractivity contribution in [3.63, 3.8) is 0 Å². The fourth-order valence-electron chi connectivity index (χ4n) is 1.42. The highest BCUT2D eigenvalue weighted by molar-refractivity contribution is 5.96. The number of carbonyl (C=O) groups is 1. The lowest BCUT2D eigenvalue weighted by atomic mass is 10.1. The lowest BCUT2D eigenvalue weighted by molar-refractivity contribution is 0.0228. The molecule has 0 fully saturated rings. The molecule has 0 bridgehead atoms. The van der Waals surface area contributed by atoms with Gasteiger partial charge in [-0.25, -0.2) is 4.39 Å². The third kappa shape index (κ3) is 4.65. The van der Waals surface area contributed by atoms with Crippen LogP contribution in [0.25, 0.3) is 0 Å². The minimum absolute atomic E-state index is 0.176. The van der Waals surface area contributed by atoms with Crippen LogP contribution in [-0.2, 0) is 4.74 Å². The number of benzene rings is 1. The number of ether oxygens (including phenoxy) is 1. The van der Waals surface area contributed by atoms with E-state index < -0.39 is 17.3 Å². The number of nitrogens with two attached hydrogens (primary N) is 1. The van der Waals surface area contributed by atoms with Gasteiger partial charge in [-0.3, -0.25) is 4.79 Å². The molecule has 3 N–H and O–H groups in total. The van der Waals surface area contributed by atoms with Gasteiger partial charge in [0.25, 0.3) is 5.91 Å². The minimum Gasteiger partial charge on any atom is -0.377 e. The number of carbonyl (C=O) groups excluding carboxylic acids is 1. The Morgan fingerprint density at radius 3 is 2.80 bits per heavy atom. The van der Waals surface area contributed by atoms with E-state index in [1.807, 2.05) is 13.8 Å². The van der Waals surface area contributed by atoms with Gasteiger partial charge in [0.2, 0.25) is 0 Å². The van der Waals surface area contributed by atoms with E-state index in [0.29, 0.717) is 12.1 Å². The second kappa shape index (κ2) is 7.04. The van der Waals surface area contributed by atoms with E-state index in [4.69, 9.17) is 10.5 Å². The topological polar surface area (TPSA) is 64.3 Å². The molecule has 108 valence electrons. The molecular weight excluding hydrogens is 259 g/mol. The quantitative estimate of drug-likeness (QED) is 0.816. The first kappa shape index (κ1) is 16.2. The molecule has 4 nitrogen and oxygen atoms in total. The maximum Gasteiger partial charge on any atom is 0.252 e. The van der Waals surface area contributed by atoms with E-state index in [1.54, 1.807) is 7.11 Å². The van der Waals surface area contributed by atoms with Crippen LogP contribution in [-0.4, -0.2) is 31.7 Å². The Balaban J connectivity index is 2.94. The van der Waals surface area contributed by atoms with Crippen molar-refractivity contribution in [3.8, 4) is 11.8 Å². The van der Waals surface area contributed by atoms with Crippen molar-refractivity contribution in [1.29, 1.82) is 0 Å². The molecule has 5 heteroatoms. The van der Waals surface area contributed by atoms with Gasteiger partial charge in [-0.2, -0.15) is 0 Å². The molecule has 0 heterocycles. The minimum atomic E-state index is -0.494. The number of methoxy groups -OCH3 is 1. The molecule has 1 rings (SSSR count). The van der Waals surface area contributed by atoms with Crippen molar-refractivity contribution in [3.05, 3.63) is 35.1 Å². The summed E-state index contributed by atoms with van der Waals surface area (Å²) < 4.78 is 18.5. The van der Waals surface area contributed by atoms with E-state index in [9.17, 15) is 9.18 Å². The lowest BCUT2D eigenvalue weighted by Crippen LogP contribution is -2.40. The molecule has 0 unspecified atom stereocenters. The van der Waals surface area contributed by atoms with E-state index in [0.717, 1.165) is 6.07 Å². The summed E-state index contributed by atoms with van der Waals surface area (Å²) >= 11 is 0. The highest BCUT2D eigenvalue weighted by Crippen LogP contribution is 2.11. The van der Waals surface area contributed by atoms with Gasteiger partial charge in [-0.15, -0.1) is 0 Å². The van der Waals surface area contributed by atoms with Crippen LogP contribution in [0, 0.1) is 17.7 Å². The summed E-state index contributed by atoms with van der Waals surface area (Å²) in [6.07, 6.45) is 0. The summed E-state index contributed by atoms with van der Waals surface area (Å²) in [7, 11) is 1.56. The van der Waals surface area contributed by atoms with Crippen molar-refractivity contribution >= 4 is 5.91 Å². The van der Waals surface area contributed by atoms with Crippen LogP contribution in [0.1, 0.15) is 29.8 Å². The SMILES string of the molecule is COC(C)(C)CNC(=O)c1cc(F)ccc1C#CCN. The second-order valence-electron chi connectivity index (χ2n) is 4.84. The average Bonchev–Trinajstić information content (AvgIpc) is 2.43. The van der Waals surface area contributed by atoms with Crippen molar-refractivity contribution < 1.29 is 13.9 Å². The molecule has 0 saturated carbocycles. The van der Waals surface area contributed by atoms with Crippen LogP contribution in [0.15, 0.2) is 18.2 Å². The molecular formula is C15H19FN2O2. The maximum atomic E-state index is 13.3. The number of amides is 1. The van der Waals surface area contributed by atoms with Gasteiger partial charge in [0, 0.05) is 19.2 Å². The Hall–Kier alpha value is -1.90. The third-order valence-electron chi connectivity index (χ3n) is 2.78. The van der Waals surface area contributed by atoms with E-state index >= 15 is 0 Å². The van der Waals surface area contributed by atoms with E-state index in [2.05, 4.69) is 17.2 Å². The number of hydrogen-bond acceptors (Lipinski definition) is 3. The molecule has 1 amide bonds. The van der Waals surface area contributed by atoms with Crippen molar-refractivity contribution in [2.24, 2.45) is 5.73 Å². The van der Waals surface area contributed by atoms with Crippen LogP contribution in [0.3, 0.4) is 0 Å². The van der Waals surface area contributed by atoms with E-state index in [1.165, 1.54) is 12.1 Å². The molecule has 0 aliphatic carbocycles. The van der Waals surface area contributed by atoms with Crippen LogP contribution in [0.5, 0.6) is 0 Å². The zero-order valence-corrected chi connectivity index (χ0v) is 11.9. The Morgan fingerprint density at radius 1 is 1.50 bits per heavy atom. The second-order valence-corrected chi connectivity index (χ2v) is 4.84. The van der Waals surface area contributed by atoms with E-state index in [-0.39, 0.29) is 12.1 Å². The van der Waals surface area contributed by atoms with Gasteiger partial charge in [0.15, 0.2) is 0 Å². The number of hydrogen-bond donors (Lipinski definition) is 2. The predicted octanol–water partition coefficient (Wildman–Crippen LogP) is 1.29. The smallest absolute Gasteiger partial charge is 0.252 e. The maximum absolute atomic E-state index is 13.3. The molecule has 1 aromatic carbocycles. The van der Waals surface area contributed by atoms with Crippen molar-refractivity contribution in [2.75, 3.05) is 20.2 Å². The van der Waals surface area contributed by atoms with Gasteiger partial charge in [0.05, 0.1) is 17.7 Å². The Bertz CT molecular complexity index is 545. The average molecular weight is 278 g/mol. The summed E-state index contributed by atoms with van der Waals surface area (Å²) in [5, 5.41) is 2.70. The first-order chi connectivity index (χ1) is 9.39. The molecule has 0 atom stereocenters. The Morgan fingerprint density at radius 2 is 2.20 bits per heavy atom. The standard InChI is InChI=1S/C15H19FN2O2/c1-15(2,20-3)10-18-14(19)13-9-12(16)7-6-11(13)5-4-8-17/h6-7,9H,8,10,17H2,1-3H3,(H,18,19). The van der Waals surface area contributed by atoms with Crippen LogP contribution in [0.2, 0.25) is 0 Å². The fraction of sp³-hybridized carbons (Fsp3) is 0.400. The van der Waals surface area contributed by atoms with Gasteiger partial charge in [-0.05, 0) is 32.0 Å². The predicted molar refractivity (Wildman–Crippen MR) is 75.8 cm³/mol. The van der Waals surface area contributed by atoms with Gasteiger partial charge >= 0.3 is 0 Å². The molecule has 1 aromatic rings. The van der Waals surface area contributed by atoms with Crippen LogP contribution in [0.4, 0.5) is 4.39 Å². The third-order valence-corrected chi connectivity index (χ3v) is 2.78. The lowest BCUT2D eigenvalue weighted by Gasteiger charge is -2.23. The summed E-state index contributed by atoms with van der Waals surface area (Å²) in [4.78, 5) is 12.1. The largest absolute Gasteiger partial charge is 0.377 e. The normalized spacial score (nSPS) is 10.7. The zero-order valence-electron chi connectivity index (χ0n) is 11.9. The number of rotatable bonds is 4. The number of halogens is 1. The monoisotopic (exact) mass is 278 g/mol. The first-order valence-electron chi connectivity index (χ1n) is 6.21. The van der Waals surface area contributed by atoms with Gasteiger partial charge in [-0.1, -0.05) is 11.8 Å². The molecule has 0 radical (unpaired) electrons. The summed E-state index contributed by atoms with van der Waals surface area (Å²) in [6.45, 7) is 4.17. The van der Waals surface area contributed by atoms with Crippen LogP contribution < -0.4 is 11.1 Å². The molecule has 0 aromatic heterocycles. The fourth-order valence-corrected chi connectivity index (χ4v) is 1.42. The molecule has 0 aliphatic rings. The summed E-state index contributed by atoms with van der Waals surface area (Å²) in [5.74, 6) is 4.53. The Kier molecular flexibility index (Phi) is 5.68. The van der Waals surface area contributed by atoms with Gasteiger partial charge in [0.1, 0.15) is 5.82 Å². The summed E-state index contributed by atoms with van der Waals surface area (Å²) in [6, 6.07) is 3.89. The van der Waals surface area contributed by atoms with Crippen molar-refractivity contribution in [2.45, 2.75) is 19.4 Å². The first-order valence-corrected chi connectivity index (χ1v) is 6.21. The zero-order chi connectivity index (χ0) is 15.2. The van der Waals surface area contributed by atoms with Crippen molar-refractivity contribution in [1.82, 2.24) is 5.32 Å². The summed E-state index contributed by atoms with van der Waals surface area (Å²) in [5.41, 5.74) is 5.45. The number of nitrogens with one attached hydrogen (secondary N) is 1. The highest BCUT2D eigenvalue weighted by atomic mass is 19.1. The Labute approximate surface area is 118 Å². The molecule has 0 spiro atoms. The molecule has 0 aliphatic heterocycles. The van der Waals surface area contributed by atoms with Crippen LogP contribution >= 0.6 is 0 Å².